The molecule has 538 valence electrons. The fourth-order valence-corrected chi connectivity index (χ4v) is 14.9. The van der Waals surface area contributed by atoms with E-state index in [2.05, 4.69) is 91.3 Å². The highest BCUT2D eigenvalue weighted by atomic mass is 32.2. The summed E-state index contributed by atoms with van der Waals surface area (Å²) in [4.78, 5) is 84.1. The first-order valence-electron chi connectivity index (χ1n) is 35.1. The van der Waals surface area contributed by atoms with E-state index in [-0.39, 0.29) is 59.5 Å². The van der Waals surface area contributed by atoms with Crippen molar-refractivity contribution < 1.29 is 73.6 Å². The standard InChI is InChI=1S/C76H102N5O15PS2/c1-8-10-21-49-81-68-43-41-62(99(93,94)95)53-64(68)76(6,7)71(81)45-37-58-29-23-28-57(36-44-70-75(4,5)63-52-61(98(90,91)92)40-42-67(63)80(70)48-11-9-2)73(58)96-60-38-34-55(35-39-60)27-22-32-69(84)66(51-56-25-17-16-18-26-56)78-72(85)33-20-15-13-12-14-19-30-59(83)31-24-47-77-74(86)79-65(54(3)82)46-50-97(87,88)89/h16-18,25-26,34-45,52-53,65-66H,8-15,19-24,27-33,46-51H2,1-7H3,(H6-,77,78,79,85,86,87,88,89,90,91,92,93,94,95)/p+1/t65-,66-/m1/s1. The molecule has 7 N–H and O–H groups in total. The second kappa shape index (κ2) is 36.4. The third kappa shape index (κ3) is 23.2. The molecular weight excluding hydrogens is 1320 g/mol. The third-order valence-electron chi connectivity index (χ3n) is 19.0. The van der Waals surface area contributed by atoms with E-state index in [0.29, 0.717) is 76.0 Å². The van der Waals surface area contributed by atoms with E-state index in [1.165, 1.54) is 19.1 Å². The molecule has 3 aliphatic rings. The van der Waals surface area contributed by atoms with Gasteiger partial charge in [0.1, 0.15) is 23.8 Å². The molecule has 0 radical (unpaired) electrons. The van der Waals surface area contributed by atoms with Crippen LogP contribution in [0.4, 0.5) is 16.2 Å². The predicted molar refractivity (Wildman–Crippen MR) is 387 cm³/mol. The van der Waals surface area contributed by atoms with Gasteiger partial charge in [-0.05, 0) is 180 Å². The van der Waals surface area contributed by atoms with Gasteiger partial charge >= 0.3 is 13.6 Å². The Labute approximate surface area is 586 Å². The number of hydrogen-bond donors (Lipinski definition) is 7. The molecule has 0 saturated carbocycles. The number of carbonyl (C=O) groups excluding carboxylic acids is 5. The van der Waals surface area contributed by atoms with E-state index < -0.39 is 68.7 Å². The normalized spacial score (nSPS) is 16.7. The lowest BCUT2D eigenvalue weighted by Gasteiger charge is -2.27. The number of hydrogen-bond acceptors (Lipinski definition) is 12. The van der Waals surface area contributed by atoms with Gasteiger partial charge in [0.2, 0.25) is 11.6 Å². The first kappa shape index (κ1) is 79.2. The van der Waals surface area contributed by atoms with Crippen molar-refractivity contribution in [3.8, 4) is 5.75 Å². The zero-order chi connectivity index (χ0) is 72.1. The summed E-state index contributed by atoms with van der Waals surface area (Å²) in [6.07, 6.45) is 22.8. The van der Waals surface area contributed by atoms with Crippen LogP contribution in [0.3, 0.4) is 0 Å². The molecule has 23 heteroatoms. The van der Waals surface area contributed by atoms with Gasteiger partial charge in [-0.3, -0.25) is 32.8 Å². The van der Waals surface area contributed by atoms with E-state index in [0.717, 1.165) is 127 Å². The second-order valence-electron chi connectivity index (χ2n) is 27.5. The predicted octanol–water partition coefficient (Wildman–Crippen LogP) is 14.1. The Balaban J connectivity index is 0.994. The molecule has 4 aromatic rings. The van der Waals surface area contributed by atoms with Crippen molar-refractivity contribution in [1.82, 2.24) is 16.0 Å². The van der Waals surface area contributed by atoms with Crippen LogP contribution in [0.1, 0.15) is 206 Å². The number of ketones is 3. The lowest BCUT2D eigenvalue weighted by atomic mass is 9.81. The van der Waals surface area contributed by atoms with Gasteiger partial charge in [-0.2, -0.15) is 21.4 Å². The number of unbranched alkanes of at least 4 members (excludes halogenated alkanes) is 8. The number of ether oxygens (including phenoxy) is 1. The molecule has 0 saturated heterocycles. The quantitative estimate of drug-likeness (QED) is 0.00942. The number of amides is 3. The molecule has 2 heterocycles. The molecule has 1 aliphatic carbocycles. The van der Waals surface area contributed by atoms with E-state index >= 15 is 0 Å². The van der Waals surface area contributed by atoms with Crippen molar-refractivity contribution >= 4 is 74.2 Å². The van der Waals surface area contributed by atoms with Gasteiger partial charge in [-0.15, -0.1) is 0 Å². The number of carbonyl (C=O) groups is 5. The smallest absolute Gasteiger partial charge is 0.325 e. The van der Waals surface area contributed by atoms with Crippen molar-refractivity contribution in [3.63, 3.8) is 0 Å². The molecule has 99 heavy (non-hydrogen) atoms. The first-order valence-corrected chi connectivity index (χ1v) is 39.8. The maximum atomic E-state index is 14.0. The summed E-state index contributed by atoms with van der Waals surface area (Å²) in [6.45, 7) is 15.4. The Morgan fingerprint density at radius 1 is 0.677 bits per heavy atom. The topological polar surface area (TPSA) is 303 Å². The largest absolute Gasteiger partial charge is 0.457 e. The zero-order valence-electron chi connectivity index (χ0n) is 58.7. The molecule has 0 spiro atoms. The Bertz CT molecular complexity index is 3960. The maximum Gasteiger partial charge on any atom is 0.325 e. The molecule has 0 aromatic heterocycles. The minimum Gasteiger partial charge on any atom is -0.457 e. The number of rotatable bonds is 40. The molecule has 20 nitrogen and oxygen atoms in total. The van der Waals surface area contributed by atoms with Crippen molar-refractivity contribution in [3.05, 3.63) is 160 Å². The molecule has 0 bridgehead atoms. The van der Waals surface area contributed by atoms with Crippen LogP contribution in [-0.2, 0) is 67.7 Å². The molecule has 0 unspecified atom stereocenters. The van der Waals surface area contributed by atoms with Crippen LogP contribution in [0.15, 0.2) is 148 Å². The number of nitrogens with zero attached hydrogens (tertiary/aromatic N) is 2. The van der Waals surface area contributed by atoms with Crippen molar-refractivity contribution in [2.24, 2.45) is 0 Å². The number of benzene rings is 4. The number of aryl methyl sites for hydroxylation is 1. The summed E-state index contributed by atoms with van der Waals surface area (Å²) in [5.74, 6) is 0.741. The van der Waals surface area contributed by atoms with Crippen LogP contribution in [0.25, 0.3) is 0 Å². The summed E-state index contributed by atoms with van der Waals surface area (Å²) < 4.78 is 90.4. The van der Waals surface area contributed by atoms with Crippen molar-refractivity contribution in [2.75, 3.05) is 30.7 Å². The van der Waals surface area contributed by atoms with Crippen molar-refractivity contribution in [2.45, 2.75) is 229 Å². The SMILES string of the molecule is CCCCC[N+]1=C(/C=C/C2=C(Oc3ccc(CCCC(=O)[C@@H](Cc4ccccc4)NC(=O)CCCCCCCCC(=O)CCCNC(=O)N[C@H](CCP(=O)(O)O)C(C)=O)cc3)C(=C/C=C3/N(CCCC)c4ccc(S(=O)(=O)O)cc4C3(C)C)/CCC2)C(C)(C)c2cc(S(=O)(=O)O)ccc21. The number of Topliss-reactive ketones (excluding diaryl/α,β-unsaturated/α-hetero) is 3. The van der Waals surface area contributed by atoms with Crippen LogP contribution in [0, 0.1) is 0 Å². The number of urea groups is 1. The molecular formula is C76H103N5O15PS2+. The molecule has 2 atom stereocenters. The summed E-state index contributed by atoms with van der Waals surface area (Å²) in [6, 6.07) is 24.8. The molecule has 0 fully saturated rings. The minimum absolute atomic E-state index is 0.0462. The molecule has 4 aromatic carbocycles. The van der Waals surface area contributed by atoms with Crippen LogP contribution in [0.5, 0.6) is 5.75 Å². The van der Waals surface area contributed by atoms with E-state index in [1.54, 1.807) is 24.3 Å². The Hall–Kier alpha value is -7.17. The van der Waals surface area contributed by atoms with Gasteiger partial charge in [-0.25, -0.2) is 4.79 Å². The molecule has 3 amide bonds. The Kier molecular flexibility index (Phi) is 29.1. The fourth-order valence-electron chi connectivity index (χ4n) is 13.3. The highest BCUT2D eigenvalue weighted by molar-refractivity contribution is 7.86. The number of allylic oxidation sites excluding steroid dienone is 7. The number of anilines is 1. The summed E-state index contributed by atoms with van der Waals surface area (Å²) in [5.41, 5.74) is 7.92. The molecule has 7 rings (SSSR count). The van der Waals surface area contributed by atoms with Crippen molar-refractivity contribution in [1.29, 1.82) is 0 Å². The van der Waals surface area contributed by atoms with Gasteiger partial charge < -0.3 is 35.4 Å². The highest BCUT2D eigenvalue weighted by Gasteiger charge is 2.45. The Morgan fingerprint density at radius 2 is 1.32 bits per heavy atom. The third-order valence-corrected chi connectivity index (χ3v) is 21.5. The van der Waals surface area contributed by atoms with Gasteiger partial charge in [0.25, 0.3) is 20.2 Å². The maximum absolute atomic E-state index is 14.0. The van der Waals surface area contributed by atoms with Crippen LogP contribution >= 0.6 is 7.60 Å². The second-order valence-corrected chi connectivity index (χ2v) is 32.1. The lowest BCUT2D eigenvalue weighted by Crippen LogP contribution is -2.46. The van der Waals surface area contributed by atoms with E-state index in [9.17, 15) is 54.5 Å². The summed E-state index contributed by atoms with van der Waals surface area (Å²) >= 11 is 0. The van der Waals surface area contributed by atoms with Gasteiger partial charge in [0.05, 0.1) is 33.5 Å². The van der Waals surface area contributed by atoms with Gasteiger partial charge in [0.15, 0.2) is 17.3 Å². The fraction of sp³-hybridized carbons (Fsp3) is 0.500. The van der Waals surface area contributed by atoms with Crippen LogP contribution in [-0.4, -0.2) is 113 Å². The summed E-state index contributed by atoms with van der Waals surface area (Å²) in [7, 11) is -13.2. The molecule has 2 aliphatic heterocycles. The minimum atomic E-state index is -4.46. The van der Waals surface area contributed by atoms with Gasteiger partial charge in [0, 0.05) is 79.7 Å². The monoisotopic (exact) mass is 1420 g/mol. The average Bonchev–Trinajstić information content (AvgIpc) is 1.60. The van der Waals surface area contributed by atoms with Gasteiger partial charge in [-0.1, -0.05) is 115 Å². The highest BCUT2D eigenvalue weighted by Crippen LogP contribution is 2.49. The first-order chi connectivity index (χ1) is 46.9. The zero-order valence-corrected chi connectivity index (χ0v) is 61.2. The van der Waals surface area contributed by atoms with E-state index in [4.69, 9.17) is 14.5 Å². The van der Waals surface area contributed by atoms with E-state index in [1.807, 2.05) is 54.6 Å². The summed E-state index contributed by atoms with van der Waals surface area (Å²) in [5, 5.41) is 8.07. The average molecular weight is 1420 g/mol. The number of nitrogens with one attached hydrogen (secondary N) is 3. The number of fused-ring (bicyclic) bond motifs is 2. The van der Waals surface area contributed by atoms with Crippen LogP contribution in [0.2, 0.25) is 0 Å². The lowest BCUT2D eigenvalue weighted by molar-refractivity contribution is -0.438. The van der Waals surface area contributed by atoms with Crippen LogP contribution < -0.4 is 25.6 Å². The Morgan fingerprint density at radius 3 is 1.98 bits per heavy atom.